The van der Waals surface area contributed by atoms with Gasteiger partial charge in [0.05, 0.1) is 6.10 Å². The maximum Gasteiger partial charge on any atom is 0.332 e. The van der Waals surface area contributed by atoms with Crippen LogP contribution >= 0.6 is 0 Å². The lowest BCUT2D eigenvalue weighted by molar-refractivity contribution is -0.161. The number of hydrogen-bond donors (Lipinski definition) is 1. The third-order valence-corrected chi connectivity index (χ3v) is 3.58. The van der Waals surface area contributed by atoms with Crippen LogP contribution in [0.2, 0.25) is 0 Å². The molecule has 0 saturated carbocycles. The van der Waals surface area contributed by atoms with Gasteiger partial charge in [-0.2, -0.15) is 0 Å². The third kappa shape index (κ3) is 3.68. The first-order chi connectivity index (χ1) is 9.61. The van der Waals surface area contributed by atoms with E-state index in [1.807, 2.05) is 0 Å². The maximum atomic E-state index is 12.1. The zero-order chi connectivity index (χ0) is 14.5. The second-order valence-corrected chi connectivity index (χ2v) is 5.11. The smallest absolute Gasteiger partial charge is 0.332 e. The molecule has 20 heavy (non-hydrogen) atoms. The molecule has 2 saturated heterocycles. The van der Waals surface area contributed by atoms with Crippen molar-refractivity contribution < 1.29 is 28.9 Å². The van der Waals surface area contributed by atoms with Crippen molar-refractivity contribution in [2.45, 2.75) is 37.6 Å². The Balaban J connectivity index is 1.63. The van der Waals surface area contributed by atoms with E-state index in [0.717, 1.165) is 6.42 Å². The van der Waals surface area contributed by atoms with Crippen molar-refractivity contribution in [2.75, 3.05) is 33.4 Å². The van der Waals surface area contributed by atoms with Gasteiger partial charge in [0.2, 0.25) is 0 Å². The van der Waals surface area contributed by atoms with Gasteiger partial charge in [-0.25, -0.2) is 4.79 Å². The highest BCUT2D eigenvalue weighted by atomic mass is 16.5. The van der Waals surface area contributed by atoms with Crippen LogP contribution in [0, 0.1) is 0 Å². The van der Waals surface area contributed by atoms with Crippen LogP contribution in [0.15, 0.2) is 0 Å². The summed E-state index contributed by atoms with van der Waals surface area (Å²) in [7, 11) is 1.65. The van der Waals surface area contributed by atoms with E-state index in [1.54, 1.807) is 12.0 Å². The highest BCUT2D eigenvalue weighted by Crippen LogP contribution is 2.24. The summed E-state index contributed by atoms with van der Waals surface area (Å²) in [5.41, 5.74) is 0. The van der Waals surface area contributed by atoms with Crippen molar-refractivity contribution in [3.63, 3.8) is 0 Å². The number of rotatable bonds is 7. The first-order valence-electron chi connectivity index (χ1n) is 6.89. The van der Waals surface area contributed by atoms with Crippen molar-refractivity contribution in [3.8, 4) is 0 Å². The van der Waals surface area contributed by atoms with Crippen molar-refractivity contribution in [1.29, 1.82) is 0 Å². The molecule has 114 valence electrons. The zero-order valence-corrected chi connectivity index (χ0v) is 11.6. The Morgan fingerprint density at radius 2 is 1.95 bits per heavy atom. The van der Waals surface area contributed by atoms with Gasteiger partial charge in [-0.05, 0) is 19.3 Å². The Morgan fingerprint density at radius 3 is 2.55 bits per heavy atom. The molecule has 0 bridgehead atoms. The van der Waals surface area contributed by atoms with Gasteiger partial charge < -0.3 is 24.2 Å². The van der Waals surface area contributed by atoms with E-state index in [9.17, 15) is 9.59 Å². The van der Waals surface area contributed by atoms with E-state index in [1.165, 1.54) is 0 Å². The highest BCUT2D eigenvalue weighted by Gasteiger charge is 2.40. The number of carboxylic acid groups (broad SMARTS) is 1. The van der Waals surface area contributed by atoms with Crippen LogP contribution in [0.25, 0.3) is 0 Å². The molecule has 2 atom stereocenters. The van der Waals surface area contributed by atoms with Crippen LogP contribution in [0.3, 0.4) is 0 Å². The summed E-state index contributed by atoms with van der Waals surface area (Å²) >= 11 is 0. The average molecular weight is 287 g/mol. The molecule has 0 spiro atoms. The molecule has 2 aliphatic heterocycles. The van der Waals surface area contributed by atoms with E-state index >= 15 is 0 Å². The third-order valence-electron chi connectivity index (χ3n) is 3.58. The maximum absolute atomic E-state index is 12.1. The molecular formula is C13H21NO6. The molecule has 2 heterocycles. The van der Waals surface area contributed by atoms with Gasteiger partial charge >= 0.3 is 5.97 Å². The molecule has 0 aromatic heterocycles. The quantitative estimate of drug-likeness (QED) is 0.657. The predicted molar refractivity (Wildman–Crippen MR) is 68.3 cm³/mol. The summed E-state index contributed by atoms with van der Waals surface area (Å²) in [6, 6.07) is 0. The number of carboxylic acids is 1. The monoisotopic (exact) mass is 287 g/mol. The van der Waals surface area contributed by atoms with E-state index in [4.69, 9.17) is 19.3 Å². The Hall–Kier alpha value is -1.18. The predicted octanol–water partition coefficient (Wildman–Crippen LogP) is -0.117. The molecular weight excluding hydrogens is 266 g/mol. The van der Waals surface area contributed by atoms with Crippen molar-refractivity contribution in [3.05, 3.63) is 0 Å². The van der Waals surface area contributed by atoms with E-state index in [0.29, 0.717) is 39.1 Å². The van der Waals surface area contributed by atoms with Gasteiger partial charge in [0.15, 0.2) is 6.10 Å². The molecule has 0 aromatic carbocycles. The number of ether oxygens (including phenoxy) is 3. The summed E-state index contributed by atoms with van der Waals surface area (Å²) in [6.45, 7) is 2.41. The summed E-state index contributed by atoms with van der Waals surface area (Å²) < 4.78 is 15.7. The lowest BCUT2D eigenvalue weighted by Crippen LogP contribution is -2.57. The van der Waals surface area contributed by atoms with Crippen LogP contribution < -0.4 is 0 Å². The lowest BCUT2D eigenvalue weighted by atomic mass is 10.1. The lowest BCUT2D eigenvalue weighted by Gasteiger charge is -2.40. The van der Waals surface area contributed by atoms with E-state index < -0.39 is 18.2 Å². The fourth-order valence-corrected chi connectivity index (χ4v) is 2.38. The Kier molecular flexibility index (Phi) is 5.33. The zero-order valence-electron chi connectivity index (χ0n) is 11.6. The second-order valence-electron chi connectivity index (χ2n) is 5.11. The molecule has 7 nitrogen and oxygen atoms in total. The first-order valence-corrected chi connectivity index (χ1v) is 6.89. The average Bonchev–Trinajstić information content (AvgIpc) is 2.85. The summed E-state index contributed by atoms with van der Waals surface area (Å²) in [5, 5.41) is 8.83. The molecule has 1 amide bonds. The number of nitrogens with zero attached hydrogens (tertiary/aromatic N) is 1. The molecule has 0 unspecified atom stereocenters. The van der Waals surface area contributed by atoms with Crippen molar-refractivity contribution in [1.82, 2.24) is 4.90 Å². The van der Waals surface area contributed by atoms with Crippen LogP contribution in [-0.4, -0.2) is 73.6 Å². The minimum absolute atomic E-state index is 0.0764. The van der Waals surface area contributed by atoms with Gasteiger partial charge in [0.1, 0.15) is 6.10 Å². The standard InChI is InChI=1S/C13H21NO6/c1-18-5-2-6-19-9-7-14(8-9)12(15)10-3-4-11(20-10)13(16)17/h9-11H,2-8H2,1H3,(H,16,17)/t10-,11+/m0/s1. The fourth-order valence-electron chi connectivity index (χ4n) is 2.38. The number of likely N-dealkylation sites (tertiary alicyclic amines) is 1. The van der Waals surface area contributed by atoms with Gasteiger partial charge in [-0.15, -0.1) is 0 Å². The first kappa shape index (κ1) is 15.2. The van der Waals surface area contributed by atoms with Gasteiger partial charge in [0, 0.05) is 33.4 Å². The molecule has 2 aliphatic rings. The number of carbonyl (C=O) groups is 2. The van der Waals surface area contributed by atoms with E-state index in [-0.39, 0.29) is 12.0 Å². The molecule has 2 fully saturated rings. The topological polar surface area (TPSA) is 85.3 Å². The number of methoxy groups -OCH3 is 1. The Labute approximate surface area is 117 Å². The van der Waals surface area contributed by atoms with Crippen molar-refractivity contribution >= 4 is 11.9 Å². The van der Waals surface area contributed by atoms with Gasteiger partial charge in [0.25, 0.3) is 5.91 Å². The van der Waals surface area contributed by atoms with Gasteiger partial charge in [-0.1, -0.05) is 0 Å². The van der Waals surface area contributed by atoms with Crippen LogP contribution in [0.4, 0.5) is 0 Å². The second kappa shape index (κ2) is 7.01. The largest absolute Gasteiger partial charge is 0.479 e. The molecule has 7 heteroatoms. The molecule has 2 rings (SSSR count). The number of hydrogen-bond acceptors (Lipinski definition) is 5. The van der Waals surface area contributed by atoms with Crippen LogP contribution in [-0.2, 0) is 23.8 Å². The van der Waals surface area contributed by atoms with E-state index in [2.05, 4.69) is 0 Å². The summed E-state index contributed by atoms with van der Waals surface area (Å²) in [4.78, 5) is 24.5. The molecule has 1 N–H and O–H groups in total. The summed E-state index contributed by atoms with van der Waals surface area (Å²) in [6.07, 6.45) is 0.346. The SMILES string of the molecule is COCCCOC1CN(C(=O)[C@@H]2CC[C@H](C(=O)O)O2)C1. The van der Waals surface area contributed by atoms with Crippen molar-refractivity contribution in [2.24, 2.45) is 0 Å². The minimum atomic E-state index is -0.997. The Morgan fingerprint density at radius 1 is 1.25 bits per heavy atom. The molecule has 0 aliphatic carbocycles. The number of amides is 1. The van der Waals surface area contributed by atoms with Crippen LogP contribution in [0.5, 0.6) is 0 Å². The van der Waals surface area contributed by atoms with Crippen LogP contribution in [0.1, 0.15) is 19.3 Å². The summed E-state index contributed by atoms with van der Waals surface area (Å²) in [5.74, 6) is -1.12. The molecule has 0 radical (unpaired) electrons. The highest BCUT2D eigenvalue weighted by molar-refractivity contribution is 5.83. The Bertz CT molecular complexity index is 355. The number of aliphatic carboxylic acids is 1. The normalized spacial score (nSPS) is 26.6. The fraction of sp³-hybridized carbons (Fsp3) is 0.846. The van der Waals surface area contributed by atoms with Gasteiger partial charge in [-0.3, -0.25) is 4.79 Å². The number of carbonyl (C=O) groups excluding carboxylic acids is 1. The minimum Gasteiger partial charge on any atom is -0.479 e. The molecule has 0 aromatic rings.